The number of anilines is 1. The predicted octanol–water partition coefficient (Wildman–Crippen LogP) is 4.37. The number of hydrogen-bond acceptors (Lipinski definition) is 3. The van der Waals surface area contributed by atoms with Crippen LogP contribution in [0.2, 0.25) is 0 Å². The molecule has 19 heavy (non-hydrogen) atoms. The lowest BCUT2D eigenvalue weighted by Gasteiger charge is -2.07. The van der Waals surface area contributed by atoms with Gasteiger partial charge in [-0.05, 0) is 24.3 Å². The third kappa shape index (κ3) is 2.69. The van der Waals surface area contributed by atoms with E-state index in [9.17, 15) is 0 Å². The molecular weight excluding hydrogens is 304 g/mol. The van der Waals surface area contributed by atoms with Crippen LogP contribution >= 0.6 is 15.9 Å². The third-order valence-electron chi connectivity index (χ3n) is 2.69. The van der Waals surface area contributed by atoms with Crippen LogP contribution in [0.3, 0.4) is 0 Å². The number of benzene rings is 2. The highest BCUT2D eigenvalue weighted by Gasteiger charge is 2.02. The minimum atomic E-state index is 0.552. The number of fused-ring (bicyclic) bond motifs is 1. The van der Waals surface area contributed by atoms with Gasteiger partial charge in [0.2, 0.25) is 5.88 Å². The molecule has 0 aliphatic rings. The van der Waals surface area contributed by atoms with Crippen LogP contribution in [-0.2, 0) is 0 Å². The molecule has 0 amide bonds. The molecule has 0 aliphatic carbocycles. The first-order valence-corrected chi connectivity index (χ1v) is 6.60. The quantitative estimate of drug-likeness (QED) is 0.714. The second-order valence-electron chi connectivity index (χ2n) is 4.16. The van der Waals surface area contributed by atoms with Crippen molar-refractivity contribution in [1.29, 1.82) is 0 Å². The van der Waals surface area contributed by atoms with E-state index >= 15 is 0 Å². The number of hydrogen-bond donors (Lipinski definition) is 1. The van der Waals surface area contributed by atoms with Gasteiger partial charge in [-0.1, -0.05) is 34.1 Å². The van der Waals surface area contributed by atoms with Crippen LogP contribution in [-0.4, -0.2) is 4.98 Å². The summed E-state index contributed by atoms with van der Waals surface area (Å²) in [5.41, 5.74) is 7.32. The van der Waals surface area contributed by atoms with E-state index in [-0.39, 0.29) is 0 Å². The molecule has 0 saturated carbocycles. The monoisotopic (exact) mass is 314 g/mol. The van der Waals surface area contributed by atoms with E-state index in [4.69, 9.17) is 10.5 Å². The van der Waals surface area contributed by atoms with Gasteiger partial charge in [0.05, 0.1) is 5.52 Å². The first-order chi connectivity index (χ1) is 9.20. The van der Waals surface area contributed by atoms with E-state index < -0.39 is 0 Å². The zero-order chi connectivity index (χ0) is 13.2. The number of para-hydroxylation sites is 1. The van der Waals surface area contributed by atoms with Gasteiger partial charge in [-0.3, -0.25) is 0 Å². The minimum absolute atomic E-state index is 0.552. The summed E-state index contributed by atoms with van der Waals surface area (Å²) in [5.74, 6) is 1.21. The Morgan fingerprint density at radius 3 is 2.68 bits per heavy atom. The van der Waals surface area contributed by atoms with Crippen LogP contribution in [0.5, 0.6) is 11.6 Å². The fourth-order valence-electron chi connectivity index (χ4n) is 1.87. The summed E-state index contributed by atoms with van der Waals surface area (Å²) in [4.78, 5) is 4.45. The molecule has 0 saturated heterocycles. The summed E-state index contributed by atoms with van der Waals surface area (Å²) in [7, 11) is 0. The number of halogens is 1. The second-order valence-corrected chi connectivity index (χ2v) is 5.08. The molecule has 0 radical (unpaired) electrons. The average Bonchev–Trinajstić information content (AvgIpc) is 2.37. The molecule has 0 unspecified atom stereocenters. The van der Waals surface area contributed by atoms with Crippen molar-refractivity contribution in [1.82, 2.24) is 4.98 Å². The van der Waals surface area contributed by atoms with Crippen molar-refractivity contribution in [2.24, 2.45) is 0 Å². The van der Waals surface area contributed by atoms with Gasteiger partial charge in [0.25, 0.3) is 0 Å². The highest BCUT2D eigenvalue weighted by molar-refractivity contribution is 9.10. The summed E-state index contributed by atoms with van der Waals surface area (Å²) in [5, 5.41) is 1.09. The van der Waals surface area contributed by atoms with Crippen LogP contribution in [0.1, 0.15) is 0 Å². The Kier molecular flexibility index (Phi) is 3.09. The predicted molar refractivity (Wildman–Crippen MR) is 80.4 cm³/mol. The number of ether oxygens (including phenoxy) is 1. The van der Waals surface area contributed by atoms with Gasteiger partial charge >= 0.3 is 0 Å². The van der Waals surface area contributed by atoms with Gasteiger partial charge in [-0.25, -0.2) is 4.98 Å². The molecule has 3 nitrogen and oxygen atoms in total. The van der Waals surface area contributed by atoms with Gasteiger partial charge in [-0.2, -0.15) is 0 Å². The van der Waals surface area contributed by atoms with Crippen molar-refractivity contribution in [3.8, 4) is 11.6 Å². The van der Waals surface area contributed by atoms with E-state index in [0.717, 1.165) is 15.4 Å². The van der Waals surface area contributed by atoms with Crippen molar-refractivity contribution in [2.45, 2.75) is 0 Å². The Balaban J connectivity index is 1.96. The Hall–Kier alpha value is -2.07. The molecule has 3 aromatic rings. The topological polar surface area (TPSA) is 48.1 Å². The lowest BCUT2D eigenvalue weighted by atomic mass is 10.2. The summed E-state index contributed by atoms with van der Waals surface area (Å²) in [6.07, 6.45) is 0. The average molecular weight is 315 g/mol. The van der Waals surface area contributed by atoms with Crippen LogP contribution in [0.25, 0.3) is 10.9 Å². The Morgan fingerprint density at radius 1 is 1.00 bits per heavy atom. The molecule has 0 fully saturated rings. The molecule has 2 N–H and O–H groups in total. The summed E-state index contributed by atoms with van der Waals surface area (Å²) >= 11 is 3.39. The van der Waals surface area contributed by atoms with Crippen LogP contribution < -0.4 is 10.5 Å². The highest BCUT2D eigenvalue weighted by Crippen LogP contribution is 2.27. The molecule has 4 heteroatoms. The zero-order valence-electron chi connectivity index (χ0n) is 10.0. The zero-order valence-corrected chi connectivity index (χ0v) is 11.6. The molecule has 94 valence electrons. The van der Waals surface area contributed by atoms with Crippen LogP contribution in [0.15, 0.2) is 59.1 Å². The van der Waals surface area contributed by atoms with E-state index in [2.05, 4.69) is 20.9 Å². The summed E-state index contributed by atoms with van der Waals surface area (Å²) < 4.78 is 6.61. The van der Waals surface area contributed by atoms with Crippen LogP contribution in [0, 0.1) is 0 Å². The maximum atomic E-state index is 5.77. The van der Waals surface area contributed by atoms with E-state index in [1.807, 2.05) is 48.5 Å². The lowest BCUT2D eigenvalue weighted by Crippen LogP contribution is -1.91. The molecule has 1 heterocycles. The first kappa shape index (κ1) is 12.0. The largest absolute Gasteiger partial charge is 0.439 e. The van der Waals surface area contributed by atoms with E-state index in [1.54, 1.807) is 6.07 Å². The summed E-state index contributed by atoms with van der Waals surface area (Å²) in [6.45, 7) is 0. The smallest absolute Gasteiger partial charge is 0.219 e. The molecule has 0 aliphatic heterocycles. The molecule has 0 atom stereocenters. The minimum Gasteiger partial charge on any atom is -0.439 e. The maximum Gasteiger partial charge on any atom is 0.219 e. The standard InChI is InChI=1S/C15H11BrN2O/c16-11-7-12(17)9-13(8-11)19-15-6-5-10-3-1-2-4-14(10)18-15/h1-9H,17H2. The van der Waals surface area contributed by atoms with Crippen molar-refractivity contribution < 1.29 is 4.74 Å². The second kappa shape index (κ2) is 4.90. The SMILES string of the molecule is Nc1cc(Br)cc(Oc2ccc3ccccc3n2)c1. The fourth-order valence-corrected chi connectivity index (χ4v) is 2.36. The number of pyridine rings is 1. The van der Waals surface area contributed by atoms with Gasteiger partial charge < -0.3 is 10.5 Å². The molecule has 3 rings (SSSR count). The molecule has 2 aromatic carbocycles. The number of aromatic nitrogens is 1. The van der Waals surface area contributed by atoms with Gasteiger partial charge in [0.15, 0.2) is 0 Å². The number of nitrogens with zero attached hydrogens (tertiary/aromatic N) is 1. The summed E-state index contributed by atoms with van der Waals surface area (Å²) in [6, 6.07) is 17.2. The Labute approximate surface area is 119 Å². The van der Waals surface area contributed by atoms with Crippen molar-refractivity contribution >= 4 is 32.5 Å². The maximum absolute atomic E-state index is 5.77. The number of nitrogen functional groups attached to an aromatic ring is 1. The van der Waals surface area contributed by atoms with Crippen molar-refractivity contribution in [3.05, 3.63) is 59.1 Å². The molecule has 0 bridgehead atoms. The molecule has 1 aromatic heterocycles. The van der Waals surface area contributed by atoms with E-state index in [1.165, 1.54) is 0 Å². The van der Waals surface area contributed by atoms with Crippen molar-refractivity contribution in [3.63, 3.8) is 0 Å². The Bertz CT molecular complexity index is 723. The number of nitrogens with two attached hydrogens (primary N) is 1. The Morgan fingerprint density at radius 2 is 1.84 bits per heavy atom. The van der Waals surface area contributed by atoms with Gasteiger partial charge in [0.1, 0.15) is 5.75 Å². The highest BCUT2D eigenvalue weighted by atomic mass is 79.9. The van der Waals surface area contributed by atoms with Gasteiger partial charge in [-0.15, -0.1) is 0 Å². The first-order valence-electron chi connectivity index (χ1n) is 5.80. The fraction of sp³-hybridized carbons (Fsp3) is 0. The number of rotatable bonds is 2. The normalized spacial score (nSPS) is 10.6. The molecular formula is C15H11BrN2O. The van der Waals surface area contributed by atoms with Crippen molar-refractivity contribution in [2.75, 3.05) is 5.73 Å². The third-order valence-corrected chi connectivity index (χ3v) is 3.15. The molecule has 0 spiro atoms. The lowest BCUT2D eigenvalue weighted by molar-refractivity contribution is 0.465. The van der Waals surface area contributed by atoms with Crippen LogP contribution in [0.4, 0.5) is 5.69 Å². The van der Waals surface area contributed by atoms with E-state index in [0.29, 0.717) is 17.3 Å². The van der Waals surface area contributed by atoms with Gasteiger partial charge in [0, 0.05) is 27.7 Å².